The van der Waals surface area contributed by atoms with Gasteiger partial charge in [0.1, 0.15) is 19.3 Å². The van der Waals surface area contributed by atoms with E-state index >= 15 is 0 Å². The average Bonchev–Trinajstić information content (AvgIpc) is 0.969. The van der Waals surface area contributed by atoms with Gasteiger partial charge in [0.2, 0.25) is 0 Å². The van der Waals surface area contributed by atoms with Crippen molar-refractivity contribution >= 4 is 39.5 Å². The molecular weight excluding hydrogens is 1280 g/mol. The Hall–Kier alpha value is -3.50. The van der Waals surface area contributed by atoms with Crippen LogP contribution >= 0.6 is 15.6 Å². The molecule has 0 aliphatic carbocycles. The first kappa shape index (κ1) is 94.5. The number of allylic oxidation sites excluding steroid dienone is 12. The summed E-state index contributed by atoms with van der Waals surface area (Å²) in [4.78, 5) is 72.9. The second-order valence-electron chi connectivity index (χ2n) is 26.3. The number of aliphatic hydroxyl groups is 1. The summed E-state index contributed by atoms with van der Waals surface area (Å²) in [5.74, 6) is -2.19. The number of ether oxygens (including phenoxy) is 4. The summed E-state index contributed by atoms with van der Waals surface area (Å²) in [5.41, 5.74) is 0. The van der Waals surface area contributed by atoms with Crippen LogP contribution in [0.5, 0.6) is 0 Å². The van der Waals surface area contributed by atoms with Gasteiger partial charge in [-0.3, -0.25) is 37.3 Å². The van der Waals surface area contributed by atoms with E-state index in [9.17, 15) is 43.2 Å². The number of phosphoric ester groups is 2. The van der Waals surface area contributed by atoms with E-state index in [0.29, 0.717) is 25.7 Å². The van der Waals surface area contributed by atoms with Crippen LogP contribution in [0.15, 0.2) is 72.9 Å². The summed E-state index contributed by atoms with van der Waals surface area (Å²) < 4.78 is 68.5. The molecule has 0 aromatic heterocycles. The van der Waals surface area contributed by atoms with E-state index in [0.717, 1.165) is 154 Å². The topological polar surface area (TPSA) is 237 Å². The molecule has 0 amide bonds. The summed E-state index contributed by atoms with van der Waals surface area (Å²) in [6, 6.07) is 0. The lowest BCUT2D eigenvalue weighted by molar-refractivity contribution is -0.161. The molecule has 5 unspecified atom stereocenters. The van der Waals surface area contributed by atoms with Gasteiger partial charge in [-0.2, -0.15) is 0 Å². The van der Waals surface area contributed by atoms with Gasteiger partial charge in [-0.25, -0.2) is 9.13 Å². The first-order valence-corrected chi connectivity index (χ1v) is 42.2. The molecular formula is C79H142O17P2. The zero-order valence-corrected chi connectivity index (χ0v) is 64.0. The molecule has 0 aromatic rings. The van der Waals surface area contributed by atoms with E-state index in [2.05, 4.69) is 101 Å². The maximum absolute atomic E-state index is 13.1. The minimum Gasteiger partial charge on any atom is -0.462 e. The zero-order valence-electron chi connectivity index (χ0n) is 62.2. The molecule has 0 aliphatic rings. The Morgan fingerprint density at radius 3 is 0.837 bits per heavy atom. The van der Waals surface area contributed by atoms with Crippen molar-refractivity contribution in [3.8, 4) is 0 Å². The lowest BCUT2D eigenvalue weighted by Gasteiger charge is -2.21. The Balaban J connectivity index is 5.34. The second kappa shape index (κ2) is 71.9. The number of unbranched alkanes of at least 4 members (excludes halogenated alkanes) is 36. The quantitative estimate of drug-likeness (QED) is 0.0169. The van der Waals surface area contributed by atoms with Gasteiger partial charge in [-0.05, 0) is 116 Å². The summed E-state index contributed by atoms with van der Waals surface area (Å²) >= 11 is 0. The molecule has 17 nitrogen and oxygen atoms in total. The molecule has 0 aliphatic heterocycles. The Morgan fingerprint density at radius 1 is 0.296 bits per heavy atom. The van der Waals surface area contributed by atoms with Gasteiger partial charge in [0, 0.05) is 25.7 Å². The number of rotatable bonds is 74. The van der Waals surface area contributed by atoms with Gasteiger partial charge in [0.15, 0.2) is 12.2 Å². The van der Waals surface area contributed by atoms with Crippen LogP contribution in [-0.2, 0) is 65.4 Å². The molecule has 0 aromatic carbocycles. The smallest absolute Gasteiger partial charge is 0.462 e. The standard InChI is InChI=1S/C79H142O17P2/c1-5-9-13-17-21-25-29-33-35-36-38-42-44-48-52-56-60-64-77(82)90-70-75(96-79(84)66-62-58-54-50-46-40-32-28-24-20-16-12-8-4)72-94-98(87,88)92-68-73(80)67-91-97(85,86)93-71-74(95-78(83)65-61-57-53-49-45-39-31-27-23-19-15-11-7-3)69-89-76(81)63-59-55-51-47-43-41-37-34-30-26-22-18-14-10-6-2/h9,13,21,25,28,32-35,37-38,42,73-75,80H,5-8,10-12,14-20,22-24,26-27,29-31,36,39-41,43-72H2,1-4H3,(H,85,86)(H,87,88)/b13-9-,25-21-,32-28-,35-33-,37-34-,42-38-. The highest BCUT2D eigenvalue weighted by Gasteiger charge is 2.30. The van der Waals surface area contributed by atoms with Crippen molar-refractivity contribution < 1.29 is 80.2 Å². The van der Waals surface area contributed by atoms with Crippen molar-refractivity contribution in [1.29, 1.82) is 0 Å². The maximum atomic E-state index is 13.1. The zero-order chi connectivity index (χ0) is 71.8. The number of phosphoric acid groups is 2. The van der Waals surface area contributed by atoms with Crippen LogP contribution < -0.4 is 0 Å². The monoisotopic (exact) mass is 1420 g/mol. The molecule has 3 N–H and O–H groups in total. The van der Waals surface area contributed by atoms with Gasteiger partial charge >= 0.3 is 39.5 Å². The van der Waals surface area contributed by atoms with Crippen LogP contribution in [0, 0.1) is 0 Å². The fourth-order valence-electron chi connectivity index (χ4n) is 10.7. The van der Waals surface area contributed by atoms with Crippen LogP contribution in [0.1, 0.15) is 349 Å². The molecule has 0 saturated heterocycles. The molecule has 0 radical (unpaired) electrons. The van der Waals surface area contributed by atoms with E-state index in [4.69, 9.17) is 37.0 Å². The highest BCUT2D eigenvalue weighted by molar-refractivity contribution is 7.47. The Kier molecular flexibility index (Phi) is 69.3. The van der Waals surface area contributed by atoms with Crippen LogP contribution in [-0.4, -0.2) is 96.7 Å². The summed E-state index contributed by atoms with van der Waals surface area (Å²) in [7, 11) is -9.95. The normalized spacial score (nSPS) is 14.3. The predicted octanol–water partition coefficient (Wildman–Crippen LogP) is 22.4. The third-order valence-corrected chi connectivity index (χ3v) is 18.6. The first-order chi connectivity index (χ1) is 47.7. The van der Waals surface area contributed by atoms with E-state index in [1.165, 1.54) is 116 Å². The fourth-order valence-corrected chi connectivity index (χ4v) is 12.3. The molecule has 19 heteroatoms. The van der Waals surface area contributed by atoms with Crippen molar-refractivity contribution in [2.45, 2.75) is 367 Å². The van der Waals surface area contributed by atoms with Crippen molar-refractivity contribution in [3.05, 3.63) is 72.9 Å². The minimum absolute atomic E-state index is 0.0813. The molecule has 570 valence electrons. The number of aliphatic hydroxyl groups excluding tert-OH is 1. The van der Waals surface area contributed by atoms with Crippen LogP contribution in [0.2, 0.25) is 0 Å². The minimum atomic E-state index is -4.98. The van der Waals surface area contributed by atoms with Gasteiger partial charge in [0.05, 0.1) is 26.4 Å². The van der Waals surface area contributed by atoms with Crippen molar-refractivity contribution in [2.24, 2.45) is 0 Å². The van der Waals surface area contributed by atoms with Gasteiger partial charge < -0.3 is 33.8 Å². The third-order valence-electron chi connectivity index (χ3n) is 16.7. The highest BCUT2D eigenvalue weighted by Crippen LogP contribution is 2.45. The number of esters is 4. The summed E-state index contributed by atoms with van der Waals surface area (Å²) in [6.45, 7) is 4.75. The Morgan fingerprint density at radius 2 is 0.531 bits per heavy atom. The Bertz CT molecular complexity index is 2140. The SMILES string of the molecule is CC/C=C\C/C=C\C/C=C\C/C=C\CCCCCCC(=O)OCC(COP(=O)(O)OCC(O)COP(=O)(O)OCC(COC(=O)CCCCCCC/C=C\CCCCCCCC)OC(=O)CCCCCCCCCCCCCCC)OC(=O)CCCCCCC/C=C\CCCCCC. The molecule has 0 heterocycles. The lowest BCUT2D eigenvalue weighted by atomic mass is 10.0. The predicted molar refractivity (Wildman–Crippen MR) is 400 cm³/mol. The summed E-state index contributed by atoms with van der Waals surface area (Å²) in [6.07, 6.45) is 71.7. The molecule has 0 bridgehead atoms. The second-order valence-corrected chi connectivity index (χ2v) is 29.2. The molecule has 0 saturated carbocycles. The van der Waals surface area contributed by atoms with E-state index < -0.39 is 97.5 Å². The molecule has 5 atom stereocenters. The van der Waals surface area contributed by atoms with E-state index in [-0.39, 0.29) is 25.7 Å². The molecule has 98 heavy (non-hydrogen) atoms. The number of hydrogen-bond acceptors (Lipinski definition) is 15. The fraction of sp³-hybridized carbons (Fsp3) is 0.797. The largest absolute Gasteiger partial charge is 0.472 e. The van der Waals surface area contributed by atoms with Crippen molar-refractivity contribution in [3.63, 3.8) is 0 Å². The molecule has 0 fully saturated rings. The van der Waals surface area contributed by atoms with Gasteiger partial charge in [0.25, 0.3) is 0 Å². The van der Waals surface area contributed by atoms with Gasteiger partial charge in [-0.15, -0.1) is 0 Å². The highest BCUT2D eigenvalue weighted by atomic mass is 31.2. The van der Waals surface area contributed by atoms with Crippen LogP contribution in [0.4, 0.5) is 0 Å². The van der Waals surface area contributed by atoms with Crippen LogP contribution in [0.25, 0.3) is 0 Å². The van der Waals surface area contributed by atoms with Crippen molar-refractivity contribution in [1.82, 2.24) is 0 Å². The molecule has 0 rings (SSSR count). The van der Waals surface area contributed by atoms with Crippen molar-refractivity contribution in [2.75, 3.05) is 39.6 Å². The van der Waals surface area contributed by atoms with Gasteiger partial charge in [-0.1, -0.05) is 280 Å². The van der Waals surface area contributed by atoms with E-state index in [1.54, 1.807) is 0 Å². The van der Waals surface area contributed by atoms with E-state index in [1.807, 2.05) is 0 Å². The number of carbonyl (C=O) groups excluding carboxylic acids is 4. The summed E-state index contributed by atoms with van der Waals surface area (Å²) in [5, 5.41) is 10.6. The lowest BCUT2D eigenvalue weighted by Crippen LogP contribution is -2.30. The third kappa shape index (κ3) is 70.9. The Labute approximate surface area is 596 Å². The molecule has 0 spiro atoms. The number of carbonyl (C=O) groups is 4. The average molecular weight is 1430 g/mol. The number of hydrogen-bond donors (Lipinski definition) is 3. The maximum Gasteiger partial charge on any atom is 0.472 e. The van der Waals surface area contributed by atoms with Crippen LogP contribution in [0.3, 0.4) is 0 Å². The first-order valence-electron chi connectivity index (χ1n) is 39.2.